The predicted octanol–water partition coefficient (Wildman–Crippen LogP) is 3.01. The van der Waals surface area contributed by atoms with Crippen molar-refractivity contribution in [2.24, 2.45) is 0 Å². The Morgan fingerprint density at radius 2 is 2.16 bits per heavy atom. The van der Waals surface area contributed by atoms with E-state index in [0.29, 0.717) is 0 Å². The first-order valence-corrected chi connectivity index (χ1v) is 6.47. The van der Waals surface area contributed by atoms with Crippen LogP contribution in [0.15, 0.2) is 36.8 Å². The first kappa shape index (κ1) is 13.6. The van der Waals surface area contributed by atoms with Gasteiger partial charge in [-0.05, 0) is 43.1 Å². The first-order chi connectivity index (χ1) is 9.22. The summed E-state index contributed by atoms with van der Waals surface area (Å²) in [7, 11) is 0. The molecule has 1 aromatic carbocycles. The zero-order valence-electron chi connectivity index (χ0n) is 11.2. The molecular formula is C15H18FN3. The van der Waals surface area contributed by atoms with E-state index >= 15 is 0 Å². The summed E-state index contributed by atoms with van der Waals surface area (Å²) in [6, 6.07) is 4.72. The number of nitrogens with zero attached hydrogens (tertiary/aromatic N) is 2. The number of rotatable bonds is 5. The van der Waals surface area contributed by atoms with Gasteiger partial charge in [-0.15, -0.1) is 0 Å². The number of hydrogen-bond donors (Lipinski definition) is 1. The Morgan fingerprint density at radius 1 is 1.32 bits per heavy atom. The van der Waals surface area contributed by atoms with Gasteiger partial charge in [0.25, 0.3) is 0 Å². The van der Waals surface area contributed by atoms with Crippen LogP contribution in [0.2, 0.25) is 0 Å². The third-order valence-electron chi connectivity index (χ3n) is 3.03. The summed E-state index contributed by atoms with van der Waals surface area (Å²) in [5.74, 6) is -0.229. The number of aromatic nitrogens is 2. The lowest BCUT2D eigenvalue weighted by Gasteiger charge is -2.20. The van der Waals surface area contributed by atoms with E-state index in [9.17, 15) is 4.39 Å². The molecule has 0 radical (unpaired) electrons. The van der Waals surface area contributed by atoms with Crippen LogP contribution in [0.3, 0.4) is 0 Å². The molecule has 0 bridgehead atoms. The van der Waals surface area contributed by atoms with E-state index in [1.165, 1.54) is 6.07 Å². The molecule has 1 N–H and O–H groups in total. The van der Waals surface area contributed by atoms with E-state index in [-0.39, 0.29) is 11.9 Å². The van der Waals surface area contributed by atoms with E-state index in [4.69, 9.17) is 0 Å². The molecule has 0 aliphatic heterocycles. The van der Waals surface area contributed by atoms with Crippen molar-refractivity contribution in [3.8, 4) is 0 Å². The van der Waals surface area contributed by atoms with Gasteiger partial charge in [-0.1, -0.05) is 13.0 Å². The van der Waals surface area contributed by atoms with Gasteiger partial charge in [0.2, 0.25) is 0 Å². The molecule has 0 amide bonds. The minimum absolute atomic E-state index is 0.121. The van der Waals surface area contributed by atoms with Gasteiger partial charge in [0.05, 0.1) is 17.9 Å². The lowest BCUT2D eigenvalue weighted by Crippen LogP contribution is -2.25. The Kier molecular flexibility index (Phi) is 4.58. The second-order valence-corrected chi connectivity index (χ2v) is 4.52. The molecule has 0 aliphatic carbocycles. The van der Waals surface area contributed by atoms with Crippen LogP contribution < -0.4 is 5.32 Å². The second kappa shape index (κ2) is 6.38. The molecule has 0 saturated carbocycles. The van der Waals surface area contributed by atoms with Crippen LogP contribution in [0, 0.1) is 12.7 Å². The third-order valence-corrected chi connectivity index (χ3v) is 3.03. The van der Waals surface area contributed by atoms with Gasteiger partial charge in [0, 0.05) is 12.4 Å². The number of halogens is 1. The normalized spacial score (nSPS) is 12.4. The number of benzene rings is 1. The summed E-state index contributed by atoms with van der Waals surface area (Å²) in [6.07, 6.45) is 6.02. The smallest absolute Gasteiger partial charge is 0.123 e. The van der Waals surface area contributed by atoms with Crippen molar-refractivity contribution in [2.45, 2.75) is 26.3 Å². The lowest BCUT2D eigenvalue weighted by molar-refractivity contribution is 0.572. The van der Waals surface area contributed by atoms with Crippen LogP contribution >= 0.6 is 0 Å². The van der Waals surface area contributed by atoms with E-state index in [0.717, 1.165) is 29.8 Å². The highest BCUT2D eigenvalue weighted by Crippen LogP contribution is 2.23. The van der Waals surface area contributed by atoms with Crippen LogP contribution in [-0.2, 0) is 0 Å². The zero-order valence-corrected chi connectivity index (χ0v) is 11.2. The van der Waals surface area contributed by atoms with E-state index in [2.05, 4.69) is 22.2 Å². The SMILES string of the molecule is CCCNC(c1cnccn1)c1cc(F)ccc1C. The third kappa shape index (κ3) is 3.35. The Morgan fingerprint density at radius 3 is 2.84 bits per heavy atom. The molecule has 2 aromatic rings. The summed E-state index contributed by atoms with van der Waals surface area (Å²) in [6.45, 7) is 4.92. The molecule has 1 unspecified atom stereocenters. The lowest BCUT2D eigenvalue weighted by atomic mass is 9.98. The van der Waals surface area contributed by atoms with E-state index < -0.39 is 0 Å². The summed E-state index contributed by atoms with van der Waals surface area (Å²) >= 11 is 0. The Hall–Kier alpha value is -1.81. The number of aryl methyl sites for hydroxylation is 1. The topological polar surface area (TPSA) is 37.8 Å². The van der Waals surface area contributed by atoms with Gasteiger partial charge in [-0.2, -0.15) is 0 Å². The minimum atomic E-state index is -0.229. The summed E-state index contributed by atoms with van der Waals surface area (Å²) < 4.78 is 13.5. The highest BCUT2D eigenvalue weighted by atomic mass is 19.1. The fourth-order valence-electron chi connectivity index (χ4n) is 2.04. The molecule has 100 valence electrons. The highest BCUT2D eigenvalue weighted by molar-refractivity contribution is 5.34. The fraction of sp³-hybridized carbons (Fsp3) is 0.333. The largest absolute Gasteiger partial charge is 0.305 e. The molecule has 1 atom stereocenters. The Balaban J connectivity index is 2.40. The zero-order chi connectivity index (χ0) is 13.7. The monoisotopic (exact) mass is 259 g/mol. The summed E-state index contributed by atoms with van der Waals surface area (Å²) in [4.78, 5) is 8.43. The van der Waals surface area contributed by atoms with E-state index in [1.54, 1.807) is 30.7 Å². The van der Waals surface area contributed by atoms with Crippen LogP contribution in [-0.4, -0.2) is 16.5 Å². The molecule has 19 heavy (non-hydrogen) atoms. The molecule has 1 aromatic heterocycles. The summed E-state index contributed by atoms with van der Waals surface area (Å²) in [5.41, 5.74) is 2.76. The van der Waals surface area contributed by atoms with Crippen LogP contribution in [0.4, 0.5) is 4.39 Å². The van der Waals surface area contributed by atoms with Crippen molar-refractivity contribution in [1.82, 2.24) is 15.3 Å². The molecule has 0 spiro atoms. The number of hydrogen-bond acceptors (Lipinski definition) is 3. The molecular weight excluding hydrogens is 241 g/mol. The van der Waals surface area contributed by atoms with Gasteiger partial charge in [-0.25, -0.2) is 4.39 Å². The second-order valence-electron chi connectivity index (χ2n) is 4.52. The fourth-order valence-corrected chi connectivity index (χ4v) is 2.04. The Bertz CT molecular complexity index is 528. The molecule has 4 heteroatoms. The quantitative estimate of drug-likeness (QED) is 0.897. The molecule has 2 rings (SSSR count). The maximum atomic E-state index is 13.5. The average Bonchev–Trinajstić information content (AvgIpc) is 2.44. The van der Waals surface area contributed by atoms with Crippen molar-refractivity contribution in [1.29, 1.82) is 0 Å². The average molecular weight is 259 g/mol. The van der Waals surface area contributed by atoms with Gasteiger partial charge < -0.3 is 5.32 Å². The maximum absolute atomic E-state index is 13.5. The van der Waals surface area contributed by atoms with E-state index in [1.807, 2.05) is 6.92 Å². The molecule has 0 saturated heterocycles. The predicted molar refractivity (Wildman–Crippen MR) is 73.3 cm³/mol. The first-order valence-electron chi connectivity index (χ1n) is 6.47. The maximum Gasteiger partial charge on any atom is 0.123 e. The van der Waals surface area contributed by atoms with Crippen LogP contribution in [0.25, 0.3) is 0 Å². The van der Waals surface area contributed by atoms with Crippen molar-refractivity contribution in [3.63, 3.8) is 0 Å². The molecule has 0 aliphatic rings. The molecule has 1 heterocycles. The van der Waals surface area contributed by atoms with Crippen molar-refractivity contribution in [3.05, 3.63) is 59.4 Å². The standard InChI is InChI=1S/C15H18FN3/c1-3-6-19-15(14-10-17-7-8-18-14)13-9-12(16)5-4-11(13)2/h4-5,7-10,15,19H,3,6H2,1-2H3. The van der Waals surface area contributed by atoms with Gasteiger partial charge in [0.15, 0.2) is 0 Å². The molecule has 3 nitrogen and oxygen atoms in total. The van der Waals surface area contributed by atoms with Crippen LogP contribution in [0.1, 0.15) is 36.2 Å². The van der Waals surface area contributed by atoms with Crippen molar-refractivity contribution >= 4 is 0 Å². The van der Waals surface area contributed by atoms with Crippen molar-refractivity contribution < 1.29 is 4.39 Å². The summed E-state index contributed by atoms with van der Waals surface area (Å²) in [5, 5.41) is 3.40. The van der Waals surface area contributed by atoms with Gasteiger partial charge >= 0.3 is 0 Å². The van der Waals surface area contributed by atoms with Gasteiger partial charge in [0.1, 0.15) is 5.82 Å². The number of nitrogens with one attached hydrogen (secondary N) is 1. The highest BCUT2D eigenvalue weighted by Gasteiger charge is 2.17. The Labute approximate surface area is 112 Å². The van der Waals surface area contributed by atoms with Crippen LogP contribution in [0.5, 0.6) is 0 Å². The minimum Gasteiger partial charge on any atom is -0.305 e. The van der Waals surface area contributed by atoms with Crippen molar-refractivity contribution in [2.75, 3.05) is 6.54 Å². The van der Waals surface area contributed by atoms with Gasteiger partial charge in [-0.3, -0.25) is 9.97 Å². The molecule has 0 fully saturated rings.